The van der Waals surface area contributed by atoms with Gasteiger partial charge in [0.05, 0.1) is 11.0 Å². The molecule has 0 unspecified atom stereocenters. The first-order valence-electron chi connectivity index (χ1n) is 5.65. The number of fused-ring (bicyclic) bond motifs is 1. The first-order chi connectivity index (χ1) is 8.34. The lowest BCUT2D eigenvalue weighted by atomic mass is 10.2. The number of nitrogens with zero attached hydrogens (tertiary/aromatic N) is 3. The van der Waals surface area contributed by atoms with Gasteiger partial charge in [-0.2, -0.15) is 0 Å². The van der Waals surface area contributed by atoms with E-state index in [9.17, 15) is 0 Å². The van der Waals surface area contributed by atoms with Gasteiger partial charge in [0.2, 0.25) is 0 Å². The fourth-order valence-corrected chi connectivity index (χ4v) is 2.07. The lowest BCUT2D eigenvalue weighted by molar-refractivity contribution is 0.784. The molecule has 3 nitrogen and oxygen atoms in total. The standard InChI is InChI=1S/C14H13N3/c1-11-16-13-4-2-3-5-14(13)17(11)10-12-6-8-15-9-7-12/h2-9H,10H2,1H3. The molecule has 0 aliphatic heterocycles. The molecule has 0 amide bonds. The Morgan fingerprint density at radius 3 is 2.65 bits per heavy atom. The summed E-state index contributed by atoms with van der Waals surface area (Å²) >= 11 is 0. The Morgan fingerprint density at radius 1 is 1.06 bits per heavy atom. The fraction of sp³-hybridized carbons (Fsp3) is 0.143. The highest BCUT2D eigenvalue weighted by Gasteiger charge is 2.06. The second kappa shape index (κ2) is 4.01. The van der Waals surface area contributed by atoms with Crippen LogP contribution in [0.3, 0.4) is 0 Å². The largest absolute Gasteiger partial charge is 0.324 e. The maximum atomic E-state index is 4.56. The molecule has 3 heteroatoms. The van der Waals surface area contributed by atoms with Crippen molar-refractivity contribution in [3.63, 3.8) is 0 Å². The molecule has 0 radical (unpaired) electrons. The summed E-state index contributed by atoms with van der Waals surface area (Å²) < 4.78 is 2.23. The van der Waals surface area contributed by atoms with Gasteiger partial charge in [0.15, 0.2) is 0 Å². The minimum Gasteiger partial charge on any atom is -0.324 e. The number of aromatic nitrogens is 3. The number of hydrogen-bond acceptors (Lipinski definition) is 2. The Morgan fingerprint density at radius 2 is 1.82 bits per heavy atom. The number of aryl methyl sites for hydroxylation is 1. The monoisotopic (exact) mass is 223 g/mol. The maximum absolute atomic E-state index is 4.56. The average molecular weight is 223 g/mol. The SMILES string of the molecule is Cc1nc2ccccc2n1Cc1ccncc1. The van der Waals surface area contributed by atoms with Crippen LogP contribution in [0.15, 0.2) is 48.8 Å². The molecular weight excluding hydrogens is 210 g/mol. The first-order valence-corrected chi connectivity index (χ1v) is 5.65. The van der Waals surface area contributed by atoms with Crippen molar-refractivity contribution in [3.05, 3.63) is 60.2 Å². The van der Waals surface area contributed by atoms with E-state index in [4.69, 9.17) is 0 Å². The second-order valence-electron chi connectivity index (χ2n) is 4.09. The van der Waals surface area contributed by atoms with Crippen LogP contribution in [0.5, 0.6) is 0 Å². The van der Waals surface area contributed by atoms with Crippen molar-refractivity contribution >= 4 is 11.0 Å². The van der Waals surface area contributed by atoms with Crippen LogP contribution < -0.4 is 0 Å². The second-order valence-corrected chi connectivity index (χ2v) is 4.09. The Hall–Kier alpha value is -2.16. The molecule has 0 bridgehead atoms. The third kappa shape index (κ3) is 1.80. The summed E-state index contributed by atoms with van der Waals surface area (Å²) in [4.78, 5) is 8.59. The lowest BCUT2D eigenvalue weighted by Gasteiger charge is -2.06. The third-order valence-corrected chi connectivity index (χ3v) is 2.94. The number of pyridine rings is 1. The predicted molar refractivity (Wildman–Crippen MR) is 67.8 cm³/mol. The molecule has 0 aliphatic rings. The Bertz CT molecular complexity index is 641. The van der Waals surface area contributed by atoms with Gasteiger partial charge < -0.3 is 4.57 Å². The van der Waals surface area contributed by atoms with Gasteiger partial charge >= 0.3 is 0 Å². The minimum absolute atomic E-state index is 0.842. The highest BCUT2D eigenvalue weighted by molar-refractivity contribution is 5.75. The quantitative estimate of drug-likeness (QED) is 0.668. The summed E-state index contributed by atoms with van der Waals surface area (Å²) in [7, 11) is 0. The topological polar surface area (TPSA) is 30.7 Å². The van der Waals surface area contributed by atoms with Crippen LogP contribution in [0, 0.1) is 6.92 Å². The zero-order chi connectivity index (χ0) is 11.7. The fourth-order valence-electron chi connectivity index (χ4n) is 2.07. The normalized spacial score (nSPS) is 10.9. The van der Waals surface area contributed by atoms with Gasteiger partial charge in [-0.3, -0.25) is 4.98 Å². The van der Waals surface area contributed by atoms with Crippen molar-refractivity contribution in [3.8, 4) is 0 Å². The minimum atomic E-state index is 0.842. The maximum Gasteiger partial charge on any atom is 0.107 e. The first kappa shape index (κ1) is 10.0. The van der Waals surface area contributed by atoms with Crippen LogP contribution in [0.4, 0.5) is 0 Å². The number of rotatable bonds is 2. The van der Waals surface area contributed by atoms with Gasteiger partial charge in [-0.05, 0) is 36.8 Å². The van der Waals surface area contributed by atoms with E-state index in [1.54, 1.807) is 0 Å². The van der Waals surface area contributed by atoms with Gasteiger partial charge in [0, 0.05) is 18.9 Å². The molecule has 2 heterocycles. The molecule has 3 aromatic rings. The number of imidazole rings is 1. The van der Waals surface area contributed by atoms with Crippen LogP contribution in [-0.2, 0) is 6.54 Å². The molecule has 84 valence electrons. The summed E-state index contributed by atoms with van der Waals surface area (Å²) in [6.07, 6.45) is 3.65. The summed E-state index contributed by atoms with van der Waals surface area (Å²) in [6.45, 7) is 2.88. The van der Waals surface area contributed by atoms with Gasteiger partial charge in [-0.15, -0.1) is 0 Å². The molecule has 17 heavy (non-hydrogen) atoms. The van der Waals surface area contributed by atoms with Crippen LogP contribution in [0.2, 0.25) is 0 Å². The molecule has 3 rings (SSSR count). The zero-order valence-electron chi connectivity index (χ0n) is 9.67. The molecule has 0 aliphatic carbocycles. The van der Waals surface area contributed by atoms with E-state index < -0.39 is 0 Å². The average Bonchev–Trinajstić information content (AvgIpc) is 2.68. The Labute approximate surface area is 99.8 Å². The van der Waals surface area contributed by atoms with E-state index in [0.29, 0.717) is 0 Å². The lowest BCUT2D eigenvalue weighted by Crippen LogP contribution is -2.01. The van der Waals surface area contributed by atoms with Crippen molar-refractivity contribution in [2.45, 2.75) is 13.5 Å². The van der Waals surface area contributed by atoms with Crippen molar-refractivity contribution in [2.24, 2.45) is 0 Å². The predicted octanol–water partition coefficient (Wildman–Crippen LogP) is 2.79. The summed E-state index contributed by atoms with van der Waals surface area (Å²) in [5.74, 6) is 1.04. The van der Waals surface area contributed by atoms with Crippen LogP contribution in [-0.4, -0.2) is 14.5 Å². The van der Waals surface area contributed by atoms with E-state index in [-0.39, 0.29) is 0 Å². The highest BCUT2D eigenvalue weighted by Crippen LogP contribution is 2.16. The molecule has 0 saturated carbocycles. The number of hydrogen-bond donors (Lipinski definition) is 0. The van der Waals surface area contributed by atoms with E-state index in [0.717, 1.165) is 17.9 Å². The zero-order valence-corrected chi connectivity index (χ0v) is 9.67. The Kier molecular flexibility index (Phi) is 2.37. The van der Waals surface area contributed by atoms with Crippen LogP contribution in [0.1, 0.15) is 11.4 Å². The third-order valence-electron chi connectivity index (χ3n) is 2.94. The van der Waals surface area contributed by atoms with Crippen molar-refractivity contribution < 1.29 is 0 Å². The van der Waals surface area contributed by atoms with Gasteiger partial charge in [-0.1, -0.05) is 12.1 Å². The number of para-hydroxylation sites is 2. The van der Waals surface area contributed by atoms with Gasteiger partial charge in [0.1, 0.15) is 5.82 Å². The van der Waals surface area contributed by atoms with Crippen molar-refractivity contribution in [1.82, 2.24) is 14.5 Å². The molecule has 0 saturated heterocycles. The van der Waals surface area contributed by atoms with Crippen molar-refractivity contribution in [2.75, 3.05) is 0 Å². The van der Waals surface area contributed by atoms with Crippen LogP contribution in [0.25, 0.3) is 11.0 Å². The Balaban J connectivity index is 2.08. The molecular formula is C14H13N3. The summed E-state index contributed by atoms with van der Waals surface area (Å²) in [6, 6.07) is 12.3. The highest BCUT2D eigenvalue weighted by atomic mass is 15.1. The summed E-state index contributed by atoms with van der Waals surface area (Å²) in [5, 5.41) is 0. The molecule has 0 N–H and O–H groups in total. The van der Waals surface area contributed by atoms with E-state index in [1.165, 1.54) is 11.1 Å². The molecule has 0 spiro atoms. The molecule has 0 fully saturated rings. The van der Waals surface area contributed by atoms with E-state index >= 15 is 0 Å². The molecule has 0 atom stereocenters. The van der Waals surface area contributed by atoms with Crippen molar-refractivity contribution in [1.29, 1.82) is 0 Å². The molecule has 1 aromatic carbocycles. The van der Waals surface area contributed by atoms with E-state index in [2.05, 4.69) is 20.6 Å². The van der Waals surface area contributed by atoms with E-state index in [1.807, 2.05) is 49.6 Å². The van der Waals surface area contributed by atoms with Crippen LogP contribution >= 0.6 is 0 Å². The number of benzene rings is 1. The smallest absolute Gasteiger partial charge is 0.107 e. The summed E-state index contributed by atoms with van der Waals surface area (Å²) in [5.41, 5.74) is 3.48. The molecule has 2 aromatic heterocycles. The van der Waals surface area contributed by atoms with Gasteiger partial charge in [-0.25, -0.2) is 4.98 Å². The van der Waals surface area contributed by atoms with Gasteiger partial charge in [0.25, 0.3) is 0 Å².